The highest BCUT2D eigenvalue weighted by Crippen LogP contribution is 2.27. The molecule has 1 fully saturated rings. The molecule has 1 saturated heterocycles. The summed E-state index contributed by atoms with van der Waals surface area (Å²) in [4.78, 5) is 10.2. The maximum absolute atomic E-state index is 10.8. The first kappa shape index (κ1) is 14.3. The Bertz CT molecular complexity index is 545. The van der Waals surface area contributed by atoms with E-state index in [0.717, 1.165) is 38.2 Å². The molecule has 1 unspecified atom stereocenters. The first-order chi connectivity index (χ1) is 9.54. The molecule has 6 heteroatoms. The number of nitrogens with one attached hydrogen (secondary N) is 2. The minimum atomic E-state index is -0.533. The van der Waals surface area contributed by atoms with E-state index in [0.29, 0.717) is 0 Å². The SMILES string of the molecule is CC1(CNc2ccc([N+](=O)[O-])c(C#N)c2)CCCNC1. The van der Waals surface area contributed by atoms with Crippen LogP contribution in [0.2, 0.25) is 0 Å². The van der Waals surface area contributed by atoms with Crippen molar-refractivity contribution in [3.8, 4) is 6.07 Å². The third kappa shape index (κ3) is 3.25. The largest absolute Gasteiger partial charge is 0.384 e. The molecule has 6 nitrogen and oxygen atoms in total. The predicted octanol–water partition coefficient (Wildman–Crippen LogP) is 2.27. The maximum atomic E-state index is 10.8. The second kappa shape index (κ2) is 5.88. The van der Waals surface area contributed by atoms with Crippen LogP contribution >= 0.6 is 0 Å². The van der Waals surface area contributed by atoms with Gasteiger partial charge in [0.05, 0.1) is 4.92 Å². The van der Waals surface area contributed by atoms with Crippen LogP contribution in [-0.2, 0) is 0 Å². The Morgan fingerprint density at radius 2 is 2.40 bits per heavy atom. The van der Waals surface area contributed by atoms with E-state index in [1.54, 1.807) is 6.07 Å². The van der Waals surface area contributed by atoms with E-state index in [-0.39, 0.29) is 16.7 Å². The van der Waals surface area contributed by atoms with Gasteiger partial charge in [0.1, 0.15) is 11.6 Å². The summed E-state index contributed by atoms with van der Waals surface area (Å²) in [6.07, 6.45) is 2.30. The van der Waals surface area contributed by atoms with Crippen molar-refractivity contribution in [2.75, 3.05) is 25.0 Å². The van der Waals surface area contributed by atoms with Crippen molar-refractivity contribution in [1.82, 2.24) is 5.32 Å². The van der Waals surface area contributed by atoms with Crippen LogP contribution in [0.4, 0.5) is 11.4 Å². The fourth-order valence-corrected chi connectivity index (χ4v) is 2.48. The second-order valence-corrected chi connectivity index (χ2v) is 5.55. The summed E-state index contributed by atoms with van der Waals surface area (Å²) in [6.45, 7) is 5.01. The summed E-state index contributed by atoms with van der Waals surface area (Å²) in [6, 6.07) is 6.44. The van der Waals surface area contributed by atoms with Crippen molar-refractivity contribution in [2.45, 2.75) is 19.8 Å². The van der Waals surface area contributed by atoms with E-state index in [1.165, 1.54) is 12.1 Å². The molecule has 1 aliphatic rings. The number of hydrogen-bond donors (Lipinski definition) is 2. The number of benzene rings is 1. The lowest BCUT2D eigenvalue weighted by atomic mass is 9.83. The molecule has 1 aliphatic heterocycles. The van der Waals surface area contributed by atoms with E-state index >= 15 is 0 Å². The van der Waals surface area contributed by atoms with Gasteiger partial charge in [-0.05, 0) is 36.9 Å². The lowest BCUT2D eigenvalue weighted by molar-refractivity contribution is -0.385. The smallest absolute Gasteiger partial charge is 0.287 e. The van der Waals surface area contributed by atoms with Gasteiger partial charge in [0.25, 0.3) is 5.69 Å². The highest BCUT2D eigenvalue weighted by atomic mass is 16.6. The summed E-state index contributed by atoms with van der Waals surface area (Å²) < 4.78 is 0. The minimum Gasteiger partial charge on any atom is -0.384 e. The first-order valence-electron chi connectivity index (χ1n) is 6.67. The predicted molar refractivity (Wildman–Crippen MR) is 76.5 cm³/mol. The molecule has 0 radical (unpaired) electrons. The molecule has 1 aromatic carbocycles. The zero-order chi connectivity index (χ0) is 14.6. The minimum absolute atomic E-state index is 0.0897. The first-order valence-corrected chi connectivity index (χ1v) is 6.67. The van der Waals surface area contributed by atoms with Crippen molar-refractivity contribution in [2.24, 2.45) is 5.41 Å². The molecular weight excluding hydrogens is 256 g/mol. The molecule has 106 valence electrons. The van der Waals surface area contributed by atoms with Crippen LogP contribution in [0.5, 0.6) is 0 Å². The fourth-order valence-electron chi connectivity index (χ4n) is 2.48. The number of nitro groups is 1. The Morgan fingerprint density at radius 3 is 3.00 bits per heavy atom. The summed E-state index contributed by atoms with van der Waals surface area (Å²) in [5.41, 5.74) is 0.863. The number of nitriles is 1. The van der Waals surface area contributed by atoms with E-state index in [2.05, 4.69) is 17.6 Å². The van der Waals surface area contributed by atoms with Crippen LogP contribution in [0.3, 0.4) is 0 Å². The summed E-state index contributed by atoms with van der Waals surface area (Å²) in [7, 11) is 0. The molecule has 0 aliphatic carbocycles. The van der Waals surface area contributed by atoms with Gasteiger partial charge >= 0.3 is 0 Å². The molecular formula is C14H18N4O2. The monoisotopic (exact) mass is 274 g/mol. The van der Waals surface area contributed by atoms with Gasteiger partial charge in [0.15, 0.2) is 0 Å². The van der Waals surface area contributed by atoms with Gasteiger partial charge in [0, 0.05) is 24.8 Å². The van der Waals surface area contributed by atoms with Gasteiger partial charge in [-0.25, -0.2) is 0 Å². The van der Waals surface area contributed by atoms with Crippen molar-refractivity contribution in [3.05, 3.63) is 33.9 Å². The molecule has 1 atom stereocenters. The fraction of sp³-hybridized carbons (Fsp3) is 0.500. The quantitative estimate of drug-likeness (QED) is 0.649. The van der Waals surface area contributed by atoms with Crippen molar-refractivity contribution in [1.29, 1.82) is 5.26 Å². The maximum Gasteiger partial charge on any atom is 0.287 e. The Kier molecular flexibility index (Phi) is 4.20. The lowest BCUT2D eigenvalue weighted by Gasteiger charge is -2.34. The van der Waals surface area contributed by atoms with E-state index in [1.807, 2.05) is 6.07 Å². The van der Waals surface area contributed by atoms with Crippen molar-refractivity contribution in [3.63, 3.8) is 0 Å². The third-order valence-electron chi connectivity index (χ3n) is 3.72. The van der Waals surface area contributed by atoms with Crippen molar-refractivity contribution < 1.29 is 4.92 Å². The van der Waals surface area contributed by atoms with Crippen molar-refractivity contribution >= 4 is 11.4 Å². The van der Waals surface area contributed by atoms with Gasteiger partial charge in [-0.1, -0.05) is 6.92 Å². The molecule has 0 saturated carbocycles. The number of rotatable bonds is 4. The summed E-state index contributed by atoms with van der Waals surface area (Å²) in [5, 5.41) is 26.4. The van der Waals surface area contributed by atoms with Gasteiger partial charge in [-0.3, -0.25) is 10.1 Å². The zero-order valence-corrected chi connectivity index (χ0v) is 11.5. The van der Waals surface area contributed by atoms with Crippen LogP contribution < -0.4 is 10.6 Å². The molecule has 0 amide bonds. The molecule has 0 bridgehead atoms. The Hall–Kier alpha value is -2.13. The Balaban J connectivity index is 2.07. The number of piperidine rings is 1. The van der Waals surface area contributed by atoms with E-state index in [9.17, 15) is 10.1 Å². The number of anilines is 1. The molecule has 2 N–H and O–H groups in total. The van der Waals surface area contributed by atoms with Crippen LogP contribution in [0.25, 0.3) is 0 Å². The second-order valence-electron chi connectivity index (χ2n) is 5.55. The molecule has 0 aromatic heterocycles. The number of nitrogens with zero attached hydrogens (tertiary/aromatic N) is 2. The Labute approximate surface area is 117 Å². The zero-order valence-electron chi connectivity index (χ0n) is 11.5. The Morgan fingerprint density at radius 1 is 1.60 bits per heavy atom. The summed E-state index contributed by atoms with van der Waals surface area (Å²) >= 11 is 0. The molecule has 0 spiro atoms. The normalized spacial score (nSPS) is 22.0. The van der Waals surface area contributed by atoms with Crippen LogP contribution in [0.1, 0.15) is 25.3 Å². The number of hydrogen-bond acceptors (Lipinski definition) is 5. The van der Waals surface area contributed by atoms with E-state index in [4.69, 9.17) is 5.26 Å². The average molecular weight is 274 g/mol. The van der Waals surface area contributed by atoms with Gasteiger partial charge in [-0.2, -0.15) is 5.26 Å². The standard InChI is InChI=1S/C14H18N4O2/c1-14(5-2-6-16-9-14)10-17-12-3-4-13(18(19)20)11(7-12)8-15/h3-4,7,16-17H,2,5-6,9-10H2,1H3. The number of nitro benzene ring substituents is 1. The highest BCUT2D eigenvalue weighted by Gasteiger charge is 2.26. The van der Waals surface area contributed by atoms with Gasteiger partial charge in [0.2, 0.25) is 0 Å². The molecule has 20 heavy (non-hydrogen) atoms. The molecule has 1 aromatic rings. The third-order valence-corrected chi connectivity index (χ3v) is 3.72. The van der Waals surface area contributed by atoms with Gasteiger partial charge < -0.3 is 10.6 Å². The van der Waals surface area contributed by atoms with Crippen LogP contribution in [0, 0.1) is 26.9 Å². The topological polar surface area (TPSA) is 91.0 Å². The average Bonchev–Trinajstić information content (AvgIpc) is 2.45. The molecule has 1 heterocycles. The molecule has 2 rings (SSSR count). The van der Waals surface area contributed by atoms with E-state index < -0.39 is 4.92 Å². The van der Waals surface area contributed by atoms with Crippen LogP contribution in [0.15, 0.2) is 18.2 Å². The summed E-state index contributed by atoms with van der Waals surface area (Å²) in [5.74, 6) is 0. The van der Waals surface area contributed by atoms with Gasteiger partial charge in [-0.15, -0.1) is 0 Å². The van der Waals surface area contributed by atoms with Crippen LogP contribution in [-0.4, -0.2) is 24.6 Å². The lowest BCUT2D eigenvalue weighted by Crippen LogP contribution is -2.42. The highest BCUT2D eigenvalue weighted by molar-refractivity contribution is 5.58.